The summed E-state index contributed by atoms with van der Waals surface area (Å²) in [4.78, 5) is 15.7. The molecule has 0 unspecified atom stereocenters. The van der Waals surface area contributed by atoms with Crippen LogP contribution in [0.4, 0.5) is 0 Å². The molecule has 1 aromatic heterocycles. The molecule has 2 rings (SSSR count). The maximum Gasteiger partial charge on any atom is 0.269 e. The lowest BCUT2D eigenvalue weighted by molar-refractivity contribution is 0.731. The summed E-state index contributed by atoms with van der Waals surface area (Å²) >= 11 is 14.7. The minimum absolute atomic E-state index is 0.164. The Balaban J connectivity index is 2.37. The van der Waals surface area contributed by atoms with Crippen molar-refractivity contribution in [2.24, 2.45) is 0 Å². The van der Waals surface area contributed by atoms with Gasteiger partial charge in [-0.2, -0.15) is 0 Å². The third-order valence-corrected chi connectivity index (χ3v) is 3.65. The van der Waals surface area contributed by atoms with E-state index in [1.165, 1.54) is 10.9 Å². The van der Waals surface area contributed by atoms with Gasteiger partial charge in [0.2, 0.25) is 0 Å². The molecule has 17 heavy (non-hydrogen) atoms. The van der Waals surface area contributed by atoms with Gasteiger partial charge >= 0.3 is 0 Å². The Hall–Kier alpha value is -0.840. The van der Waals surface area contributed by atoms with Gasteiger partial charge in [0.1, 0.15) is 4.47 Å². The fourth-order valence-corrected chi connectivity index (χ4v) is 2.06. The molecule has 1 heterocycles. The Bertz CT molecular complexity index is 613. The first-order valence-electron chi connectivity index (χ1n) is 4.73. The maximum absolute atomic E-state index is 11.8. The van der Waals surface area contributed by atoms with Crippen molar-refractivity contribution in [2.75, 3.05) is 0 Å². The van der Waals surface area contributed by atoms with Crippen LogP contribution in [0.15, 0.2) is 39.9 Å². The lowest BCUT2D eigenvalue weighted by atomic mass is 10.2. The summed E-state index contributed by atoms with van der Waals surface area (Å²) in [7, 11) is 0. The predicted octanol–water partition coefficient (Wildman–Crippen LogP) is 3.36. The van der Waals surface area contributed by atoms with E-state index >= 15 is 0 Å². The van der Waals surface area contributed by atoms with Crippen molar-refractivity contribution < 1.29 is 0 Å². The molecule has 0 amide bonds. The zero-order chi connectivity index (χ0) is 12.4. The number of rotatable bonds is 2. The summed E-state index contributed by atoms with van der Waals surface area (Å²) < 4.78 is 1.73. The van der Waals surface area contributed by atoms with Gasteiger partial charge in [0.25, 0.3) is 5.56 Å². The van der Waals surface area contributed by atoms with Gasteiger partial charge in [0, 0.05) is 5.02 Å². The van der Waals surface area contributed by atoms with Crippen molar-refractivity contribution in [3.8, 4) is 0 Å². The van der Waals surface area contributed by atoms with Crippen LogP contribution in [0.2, 0.25) is 10.2 Å². The van der Waals surface area contributed by atoms with E-state index < -0.39 is 0 Å². The predicted molar refractivity (Wildman–Crippen MR) is 71.8 cm³/mol. The van der Waals surface area contributed by atoms with E-state index in [0.717, 1.165) is 5.56 Å². The number of nitrogens with zero attached hydrogens (tertiary/aromatic N) is 2. The topological polar surface area (TPSA) is 34.9 Å². The molecule has 0 bridgehead atoms. The monoisotopic (exact) mass is 332 g/mol. The normalized spacial score (nSPS) is 10.5. The van der Waals surface area contributed by atoms with Crippen LogP contribution < -0.4 is 5.56 Å². The van der Waals surface area contributed by atoms with Gasteiger partial charge in [-0.1, -0.05) is 35.3 Å². The summed E-state index contributed by atoms with van der Waals surface area (Å²) in [5, 5.41) is 0.800. The molecule has 0 aliphatic heterocycles. The Morgan fingerprint density at radius 3 is 2.82 bits per heavy atom. The maximum atomic E-state index is 11.8. The van der Waals surface area contributed by atoms with Crippen molar-refractivity contribution in [2.45, 2.75) is 6.54 Å². The lowest BCUT2D eigenvalue weighted by Gasteiger charge is -2.06. The SMILES string of the molecule is O=c1c(Br)c(Cl)ncn1Cc1cccc(Cl)c1. The van der Waals surface area contributed by atoms with Crippen LogP contribution in [0.5, 0.6) is 0 Å². The van der Waals surface area contributed by atoms with Gasteiger partial charge in [-0.3, -0.25) is 9.36 Å². The Morgan fingerprint density at radius 1 is 1.35 bits per heavy atom. The van der Waals surface area contributed by atoms with Crippen LogP contribution in [0.1, 0.15) is 5.56 Å². The molecule has 0 atom stereocenters. The van der Waals surface area contributed by atoms with Crippen molar-refractivity contribution in [1.82, 2.24) is 9.55 Å². The van der Waals surface area contributed by atoms with E-state index in [0.29, 0.717) is 11.6 Å². The molecule has 0 spiro atoms. The van der Waals surface area contributed by atoms with Crippen LogP contribution in [0, 0.1) is 0 Å². The summed E-state index contributed by atoms with van der Waals surface area (Å²) in [5.41, 5.74) is 0.709. The van der Waals surface area contributed by atoms with E-state index in [-0.39, 0.29) is 15.2 Å². The van der Waals surface area contributed by atoms with E-state index in [2.05, 4.69) is 20.9 Å². The minimum Gasteiger partial charge on any atom is -0.294 e. The first-order valence-corrected chi connectivity index (χ1v) is 6.27. The fourth-order valence-electron chi connectivity index (χ4n) is 1.39. The fraction of sp³-hybridized carbons (Fsp3) is 0.0909. The van der Waals surface area contributed by atoms with Gasteiger partial charge in [0.15, 0.2) is 5.15 Å². The average molecular weight is 334 g/mol. The number of halogens is 3. The molecule has 0 saturated heterocycles. The van der Waals surface area contributed by atoms with Crippen molar-refractivity contribution in [3.05, 3.63) is 61.2 Å². The number of aromatic nitrogens is 2. The standard InChI is InChI=1S/C11H7BrCl2N2O/c12-9-10(14)15-6-16(11(9)17)5-7-2-1-3-8(13)4-7/h1-4,6H,5H2. The number of benzene rings is 1. The van der Waals surface area contributed by atoms with Crippen LogP contribution in [0.3, 0.4) is 0 Å². The third kappa shape index (κ3) is 2.89. The molecule has 6 heteroatoms. The van der Waals surface area contributed by atoms with Gasteiger partial charge in [-0.25, -0.2) is 4.98 Å². The molecule has 2 aromatic rings. The minimum atomic E-state index is -0.218. The largest absolute Gasteiger partial charge is 0.294 e. The second-order valence-electron chi connectivity index (χ2n) is 3.41. The van der Waals surface area contributed by atoms with Crippen LogP contribution in [0.25, 0.3) is 0 Å². The van der Waals surface area contributed by atoms with Gasteiger partial charge in [-0.15, -0.1) is 0 Å². The highest BCUT2D eigenvalue weighted by Crippen LogP contribution is 2.15. The highest BCUT2D eigenvalue weighted by Gasteiger charge is 2.07. The smallest absolute Gasteiger partial charge is 0.269 e. The second kappa shape index (κ2) is 5.21. The quantitative estimate of drug-likeness (QED) is 0.790. The Labute approximate surface area is 116 Å². The van der Waals surface area contributed by atoms with Gasteiger partial charge < -0.3 is 0 Å². The molecule has 0 saturated carbocycles. The molecule has 0 N–H and O–H groups in total. The molecule has 0 fully saturated rings. The number of hydrogen-bond acceptors (Lipinski definition) is 2. The van der Waals surface area contributed by atoms with Crippen LogP contribution in [-0.2, 0) is 6.54 Å². The summed E-state index contributed by atoms with van der Waals surface area (Å²) in [6.07, 6.45) is 1.41. The zero-order valence-electron chi connectivity index (χ0n) is 8.53. The highest BCUT2D eigenvalue weighted by atomic mass is 79.9. The van der Waals surface area contributed by atoms with E-state index in [1.54, 1.807) is 12.1 Å². The molecular formula is C11H7BrCl2N2O. The van der Waals surface area contributed by atoms with Crippen molar-refractivity contribution in [1.29, 1.82) is 0 Å². The Kier molecular flexibility index (Phi) is 3.86. The van der Waals surface area contributed by atoms with Crippen LogP contribution in [-0.4, -0.2) is 9.55 Å². The molecular weight excluding hydrogens is 327 g/mol. The summed E-state index contributed by atoms with van der Waals surface area (Å²) in [5.74, 6) is 0. The molecule has 0 aliphatic rings. The van der Waals surface area contributed by atoms with E-state index in [4.69, 9.17) is 23.2 Å². The van der Waals surface area contributed by atoms with Gasteiger partial charge in [-0.05, 0) is 33.6 Å². The third-order valence-electron chi connectivity index (χ3n) is 2.18. The summed E-state index contributed by atoms with van der Waals surface area (Å²) in [6, 6.07) is 7.31. The molecule has 3 nitrogen and oxygen atoms in total. The summed E-state index contributed by atoms with van der Waals surface area (Å²) in [6.45, 7) is 0.405. The van der Waals surface area contributed by atoms with Gasteiger partial charge in [0.05, 0.1) is 12.9 Å². The highest BCUT2D eigenvalue weighted by molar-refractivity contribution is 9.10. The number of hydrogen-bond donors (Lipinski definition) is 0. The molecule has 88 valence electrons. The molecule has 0 radical (unpaired) electrons. The van der Waals surface area contributed by atoms with Crippen molar-refractivity contribution >= 4 is 39.1 Å². The first kappa shape index (κ1) is 12.6. The van der Waals surface area contributed by atoms with E-state index in [1.807, 2.05) is 12.1 Å². The van der Waals surface area contributed by atoms with E-state index in [9.17, 15) is 4.79 Å². The molecule has 0 aliphatic carbocycles. The average Bonchev–Trinajstić information content (AvgIpc) is 2.30. The van der Waals surface area contributed by atoms with Crippen LogP contribution >= 0.6 is 39.1 Å². The second-order valence-corrected chi connectivity index (χ2v) is 5.00. The zero-order valence-corrected chi connectivity index (χ0v) is 11.6. The lowest BCUT2D eigenvalue weighted by Crippen LogP contribution is -2.21. The van der Waals surface area contributed by atoms with Crippen molar-refractivity contribution in [3.63, 3.8) is 0 Å². The molecule has 1 aromatic carbocycles. The Morgan fingerprint density at radius 2 is 2.12 bits per heavy atom. The first-order chi connectivity index (χ1) is 8.08.